The second kappa shape index (κ2) is 7.20. The molecule has 0 bridgehead atoms. The Bertz CT molecular complexity index is 598. The lowest BCUT2D eigenvalue weighted by Crippen LogP contribution is -2.10. The van der Waals surface area contributed by atoms with E-state index in [2.05, 4.69) is 26.2 Å². The first-order chi connectivity index (χ1) is 9.60. The monoisotopic (exact) mass is 372 g/mol. The van der Waals surface area contributed by atoms with Crippen molar-refractivity contribution in [3.05, 3.63) is 33.6 Å². The highest BCUT2D eigenvalue weighted by molar-refractivity contribution is 9.11. The van der Waals surface area contributed by atoms with Gasteiger partial charge in [-0.3, -0.25) is 4.79 Å². The molecule has 106 valence electrons. The fraction of sp³-hybridized carbons (Fsp3) is 0.286. The topological polar surface area (TPSA) is 42.0 Å². The molecule has 1 aromatic carbocycles. The molecule has 1 amide bonds. The van der Waals surface area contributed by atoms with Gasteiger partial charge >= 0.3 is 0 Å². The zero-order valence-corrected chi connectivity index (χ0v) is 14.1. The fourth-order valence-electron chi connectivity index (χ4n) is 1.65. The molecule has 20 heavy (non-hydrogen) atoms. The normalized spacial score (nSPS) is 10.6. The number of nitrogens with one attached hydrogen (secondary N) is 1. The summed E-state index contributed by atoms with van der Waals surface area (Å²) in [5.74, 6) is 0.436. The molecular weight excluding hydrogens is 360 g/mol. The maximum absolute atomic E-state index is 11.7. The molecule has 3 nitrogen and oxygen atoms in total. The van der Waals surface area contributed by atoms with Crippen LogP contribution in [0.25, 0.3) is 11.3 Å². The average molecular weight is 374 g/mol. The number of aryl methyl sites for hydroxylation is 1. The van der Waals surface area contributed by atoms with Gasteiger partial charge in [-0.25, -0.2) is 4.98 Å². The van der Waals surface area contributed by atoms with Crippen molar-refractivity contribution in [2.24, 2.45) is 0 Å². The summed E-state index contributed by atoms with van der Waals surface area (Å²) in [5, 5.41) is 3.40. The van der Waals surface area contributed by atoms with Gasteiger partial charge in [0.15, 0.2) is 5.13 Å². The number of thiazole rings is 1. The largest absolute Gasteiger partial charge is 0.302 e. The van der Waals surface area contributed by atoms with Gasteiger partial charge in [0.1, 0.15) is 0 Å². The Kier molecular flexibility index (Phi) is 5.57. The number of anilines is 1. The lowest BCUT2D eigenvalue weighted by Gasteiger charge is -2.00. The van der Waals surface area contributed by atoms with Gasteiger partial charge < -0.3 is 5.32 Å². The molecule has 2 rings (SSSR count). The Morgan fingerprint density at radius 1 is 1.40 bits per heavy atom. The summed E-state index contributed by atoms with van der Waals surface area (Å²) in [5.41, 5.74) is 3.08. The summed E-state index contributed by atoms with van der Waals surface area (Å²) >= 11 is 10.5. The van der Waals surface area contributed by atoms with Crippen LogP contribution in [0, 0.1) is 6.92 Å². The molecule has 0 fully saturated rings. The molecule has 6 heteroatoms. The third kappa shape index (κ3) is 4.04. The van der Waals surface area contributed by atoms with E-state index in [1.165, 1.54) is 16.9 Å². The summed E-state index contributed by atoms with van der Waals surface area (Å²) in [7, 11) is 0. The number of hydrogen-bond acceptors (Lipinski definition) is 3. The number of carbonyl (C=O) groups excluding carboxylic acids is 1. The molecule has 1 N–H and O–H groups in total. The van der Waals surface area contributed by atoms with Crippen molar-refractivity contribution >= 4 is 49.9 Å². The SMILES string of the molecule is Cc1ccc(-c2nc(NC(=O)CCCCl)sc2Br)cc1. The molecular formula is C14H14BrClN2OS. The molecule has 0 aliphatic rings. The van der Waals surface area contributed by atoms with Gasteiger partial charge in [-0.05, 0) is 29.3 Å². The molecule has 0 aliphatic carbocycles. The summed E-state index contributed by atoms with van der Waals surface area (Å²) in [6.07, 6.45) is 1.09. The summed E-state index contributed by atoms with van der Waals surface area (Å²) in [4.78, 5) is 16.1. The lowest BCUT2D eigenvalue weighted by molar-refractivity contribution is -0.116. The molecule has 0 spiro atoms. The van der Waals surface area contributed by atoms with Crippen LogP contribution in [0.1, 0.15) is 18.4 Å². The van der Waals surface area contributed by atoms with Gasteiger partial charge in [-0.15, -0.1) is 11.6 Å². The molecule has 0 radical (unpaired) electrons. The van der Waals surface area contributed by atoms with Crippen LogP contribution < -0.4 is 5.32 Å². The van der Waals surface area contributed by atoms with Crippen LogP contribution in [0.3, 0.4) is 0 Å². The highest BCUT2D eigenvalue weighted by Crippen LogP contribution is 2.35. The number of amides is 1. The Morgan fingerprint density at radius 2 is 2.10 bits per heavy atom. The zero-order valence-electron chi connectivity index (χ0n) is 11.0. The highest BCUT2D eigenvalue weighted by atomic mass is 79.9. The van der Waals surface area contributed by atoms with E-state index in [9.17, 15) is 4.79 Å². The van der Waals surface area contributed by atoms with Crippen LogP contribution in [0.15, 0.2) is 28.1 Å². The molecule has 0 saturated carbocycles. The van der Waals surface area contributed by atoms with Gasteiger partial charge in [-0.2, -0.15) is 0 Å². The number of aromatic nitrogens is 1. The number of halogens is 2. The minimum Gasteiger partial charge on any atom is -0.302 e. The van der Waals surface area contributed by atoms with Crippen LogP contribution in [0.5, 0.6) is 0 Å². The zero-order chi connectivity index (χ0) is 14.5. The van der Waals surface area contributed by atoms with Crippen molar-refractivity contribution in [3.63, 3.8) is 0 Å². The number of alkyl halides is 1. The summed E-state index contributed by atoms with van der Waals surface area (Å²) in [6, 6.07) is 8.13. The first kappa shape index (κ1) is 15.5. The van der Waals surface area contributed by atoms with Crippen LogP contribution >= 0.6 is 38.9 Å². The van der Waals surface area contributed by atoms with Crippen LogP contribution in [-0.2, 0) is 4.79 Å². The first-order valence-corrected chi connectivity index (χ1v) is 8.33. The number of benzene rings is 1. The fourth-order valence-corrected chi connectivity index (χ4v) is 3.30. The predicted molar refractivity (Wildman–Crippen MR) is 88.6 cm³/mol. The number of carbonyl (C=O) groups is 1. The smallest absolute Gasteiger partial charge is 0.226 e. The van der Waals surface area contributed by atoms with Crippen LogP contribution in [0.2, 0.25) is 0 Å². The van der Waals surface area contributed by atoms with E-state index in [1.54, 1.807) is 0 Å². The maximum atomic E-state index is 11.7. The van der Waals surface area contributed by atoms with Crippen molar-refractivity contribution in [2.45, 2.75) is 19.8 Å². The lowest BCUT2D eigenvalue weighted by atomic mass is 10.1. The number of nitrogens with zero attached hydrogens (tertiary/aromatic N) is 1. The molecule has 0 unspecified atom stereocenters. The molecule has 2 aromatic rings. The molecule has 0 saturated heterocycles. The standard InChI is InChI=1S/C14H14BrClN2OS/c1-9-4-6-10(7-5-9)12-13(15)20-14(18-12)17-11(19)3-2-8-16/h4-7H,2-3,8H2,1H3,(H,17,18,19). The van der Waals surface area contributed by atoms with E-state index >= 15 is 0 Å². The highest BCUT2D eigenvalue weighted by Gasteiger charge is 2.12. The van der Waals surface area contributed by atoms with Gasteiger partial charge in [0.25, 0.3) is 0 Å². The first-order valence-electron chi connectivity index (χ1n) is 6.19. The van der Waals surface area contributed by atoms with Crippen molar-refractivity contribution < 1.29 is 4.79 Å². The second-order valence-electron chi connectivity index (χ2n) is 4.35. The third-order valence-corrected chi connectivity index (χ3v) is 4.58. The minimum absolute atomic E-state index is 0.0534. The Labute approximate surface area is 135 Å². The van der Waals surface area contributed by atoms with Crippen LogP contribution in [0.4, 0.5) is 5.13 Å². The van der Waals surface area contributed by atoms with Crippen molar-refractivity contribution in [1.82, 2.24) is 4.98 Å². The van der Waals surface area contributed by atoms with Gasteiger partial charge in [0.05, 0.1) is 9.48 Å². The van der Waals surface area contributed by atoms with Crippen molar-refractivity contribution in [3.8, 4) is 11.3 Å². The van der Waals surface area contributed by atoms with Crippen molar-refractivity contribution in [2.75, 3.05) is 11.2 Å². The van der Waals surface area contributed by atoms with Gasteiger partial charge in [0.2, 0.25) is 5.91 Å². The number of hydrogen-bond donors (Lipinski definition) is 1. The molecule has 0 atom stereocenters. The third-order valence-electron chi connectivity index (χ3n) is 2.69. The Morgan fingerprint density at radius 3 is 2.75 bits per heavy atom. The van der Waals surface area contributed by atoms with E-state index in [0.717, 1.165) is 15.0 Å². The van der Waals surface area contributed by atoms with Gasteiger partial charge in [-0.1, -0.05) is 41.2 Å². The van der Waals surface area contributed by atoms with Crippen molar-refractivity contribution in [1.29, 1.82) is 0 Å². The summed E-state index contributed by atoms with van der Waals surface area (Å²) in [6.45, 7) is 2.04. The minimum atomic E-state index is -0.0534. The molecule has 1 aromatic heterocycles. The second-order valence-corrected chi connectivity index (χ2v) is 7.04. The van der Waals surface area contributed by atoms with E-state index in [1.807, 2.05) is 31.2 Å². The number of rotatable bonds is 5. The van der Waals surface area contributed by atoms with E-state index in [0.29, 0.717) is 23.9 Å². The predicted octanol–water partition coefficient (Wildman–Crippen LogP) is 4.84. The maximum Gasteiger partial charge on any atom is 0.226 e. The Hall–Kier alpha value is -0.910. The molecule has 0 aliphatic heterocycles. The quantitative estimate of drug-likeness (QED) is 0.762. The average Bonchev–Trinajstić information content (AvgIpc) is 2.78. The van der Waals surface area contributed by atoms with E-state index in [-0.39, 0.29) is 5.91 Å². The van der Waals surface area contributed by atoms with E-state index in [4.69, 9.17) is 11.6 Å². The summed E-state index contributed by atoms with van der Waals surface area (Å²) < 4.78 is 0.911. The Balaban J connectivity index is 2.13. The van der Waals surface area contributed by atoms with Crippen LogP contribution in [-0.4, -0.2) is 16.8 Å². The molecule has 1 heterocycles. The van der Waals surface area contributed by atoms with Gasteiger partial charge in [0, 0.05) is 17.9 Å². The van der Waals surface area contributed by atoms with E-state index < -0.39 is 0 Å².